The molecule has 1 N–H and O–H groups in total. The summed E-state index contributed by atoms with van der Waals surface area (Å²) in [7, 11) is 1.26. The molecule has 1 fully saturated rings. The van der Waals surface area contributed by atoms with E-state index in [1.807, 2.05) is 0 Å². The van der Waals surface area contributed by atoms with Gasteiger partial charge in [0.1, 0.15) is 5.69 Å². The zero-order valence-electron chi connectivity index (χ0n) is 11.6. The second kappa shape index (κ2) is 6.64. The van der Waals surface area contributed by atoms with Gasteiger partial charge in [0.25, 0.3) is 5.91 Å². The van der Waals surface area contributed by atoms with Crippen LogP contribution >= 0.6 is 11.3 Å². The van der Waals surface area contributed by atoms with Gasteiger partial charge >= 0.3 is 5.97 Å². The molecule has 2 heterocycles. The number of carbonyl (C=O) groups is 3. The number of amides is 2. The van der Waals surface area contributed by atoms with Crippen LogP contribution in [0.25, 0.3) is 0 Å². The number of aromatic nitrogens is 1. The first-order chi connectivity index (χ1) is 10.0. The maximum absolute atomic E-state index is 12.4. The molecule has 8 nitrogen and oxygen atoms in total. The third-order valence-electron chi connectivity index (χ3n) is 2.87. The van der Waals surface area contributed by atoms with Crippen LogP contribution in [-0.2, 0) is 19.1 Å². The van der Waals surface area contributed by atoms with Crippen LogP contribution < -0.4 is 5.32 Å². The smallest absolute Gasteiger partial charge is 0.331 e. The average molecular weight is 313 g/mol. The number of nitrogens with one attached hydrogen (secondary N) is 1. The van der Waals surface area contributed by atoms with Gasteiger partial charge in [0.2, 0.25) is 5.91 Å². The van der Waals surface area contributed by atoms with E-state index in [2.05, 4.69) is 15.0 Å². The van der Waals surface area contributed by atoms with Gasteiger partial charge in [0.05, 0.1) is 20.3 Å². The van der Waals surface area contributed by atoms with Crippen LogP contribution in [0.3, 0.4) is 0 Å². The van der Waals surface area contributed by atoms with Crippen LogP contribution in [0, 0.1) is 0 Å². The third-order valence-corrected chi connectivity index (χ3v) is 3.63. The van der Waals surface area contributed by atoms with Crippen molar-refractivity contribution < 1.29 is 23.9 Å². The summed E-state index contributed by atoms with van der Waals surface area (Å²) in [6.07, 6.45) is 0. The molecular formula is C12H15N3O5S. The monoisotopic (exact) mass is 313 g/mol. The maximum Gasteiger partial charge on any atom is 0.331 e. The fraction of sp³-hybridized carbons (Fsp3) is 0.500. The Kier molecular flexibility index (Phi) is 4.86. The molecule has 0 radical (unpaired) electrons. The summed E-state index contributed by atoms with van der Waals surface area (Å²) in [5.74, 6) is -1.18. The number of hydrogen-bond acceptors (Lipinski definition) is 7. The molecule has 0 saturated carbocycles. The molecule has 1 aromatic rings. The van der Waals surface area contributed by atoms with Gasteiger partial charge < -0.3 is 19.7 Å². The lowest BCUT2D eigenvalue weighted by atomic mass is 10.2. The zero-order valence-corrected chi connectivity index (χ0v) is 12.4. The maximum atomic E-state index is 12.4. The highest BCUT2D eigenvalue weighted by molar-refractivity contribution is 7.14. The number of morpholine rings is 1. The highest BCUT2D eigenvalue weighted by Crippen LogP contribution is 2.19. The van der Waals surface area contributed by atoms with E-state index in [0.29, 0.717) is 11.7 Å². The molecule has 0 bridgehead atoms. The van der Waals surface area contributed by atoms with Crippen LogP contribution in [0.15, 0.2) is 5.38 Å². The summed E-state index contributed by atoms with van der Waals surface area (Å²) in [6.45, 7) is 2.09. The Morgan fingerprint density at radius 3 is 2.95 bits per heavy atom. The standard InChI is InChI=1S/C12H15N3O5S/c1-7(16)13-12-14-8(6-21-12)10(17)15-3-4-20-5-9(15)11(18)19-2/h6,9H,3-5H2,1-2H3,(H,13,14,16). The number of nitrogens with zero attached hydrogens (tertiary/aromatic N) is 2. The van der Waals surface area contributed by atoms with Crippen LogP contribution in [0.2, 0.25) is 0 Å². The van der Waals surface area contributed by atoms with Crippen molar-refractivity contribution in [1.29, 1.82) is 0 Å². The molecule has 1 saturated heterocycles. The molecule has 2 amide bonds. The van der Waals surface area contributed by atoms with Crippen molar-refractivity contribution >= 4 is 34.3 Å². The van der Waals surface area contributed by atoms with Crippen LogP contribution in [0.1, 0.15) is 17.4 Å². The minimum atomic E-state index is -0.776. The fourth-order valence-corrected chi connectivity index (χ4v) is 2.64. The van der Waals surface area contributed by atoms with Crippen molar-refractivity contribution in [3.8, 4) is 0 Å². The first kappa shape index (κ1) is 15.4. The number of rotatable bonds is 3. The lowest BCUT2D eigenvalue weighted by Gasteiger charge is -2.33. The predicted octanol–water partition coefficient (Wildman–Crippen LogP) is 0.115. The fourth-order valence-electron chi connectivity index (χ4n) is 1.91. The Bertz CT molecular complexity index is 559. The topological polar surface area (TPSA) is 97.8 Å². The van der Waals surface area contributed by atoms with E-state index >= 15 is 0 Å². The van der Waals surface area contributed by atoms with Gasteiger partial charge in [-0.05, 0) is 0 Å². The van der Waals surface area contributed by atoms with Gasteiger partial charge in [-0.2, -0.15) is 0 Å². The molecule has 0 aromatic carbocycles. The molecule has 0 spiro atoms. The average Bonchev–Trinajstić information content (AvgIpc) is 2.93. The molecule has 2 rings (SSSR count). The Balaban J connectivity index is 2.14. The number of carbonyl (C=O) groups excluding carboxylic acids is 3. The van der Waals surface area contributed by atoms with Crippen molar-refractivity contribution in [2.24, 2.45) is 0 Å². The lowest BCUT2D eigenvalue weighted by Crippen LogP contribution is -2.53. The molecule has 9 heteroatoms. The molecule has 1 aliphatic heterocycles. The first-order valence-corrected chi connectivity index (χ1v) is 7.10. The summed E-state index contributed by atoms with van der Waals surface area (Å²) in [5, 5.41) is 4.39. The van der Waals surface area contributed by atoms with Crippen LogP contribution in [-0.4, -0.2) is 60.6 Å². The van der Waals surface area contributed by atoms with E-state index in [1.165, 1.54) is 24.3 Å². The summed E-state index contributed by atoms with van der Waals surface area (Å²) >= 11 is 1.15. The Hall–Kier alpha value is -2.00. The van der Waals surface area contributed by atoms with Gasteiger partial charge in [0.15, 0.2) is 11.2 Å². The number of methoxy groups -OCH3 is 1. The number of anilines is 1. The van der Waals surface area contributed by atoms with E-state index in [0.717, 1.165) is 11.3 Å². The molecule has 1 aromatic heterocycles. The van der Waals surface area contributed by atoms with Crippen molar-refractivity contribution in [3.63, 3.8) is 0 Å². The Labute approximate surface area is 125 Å². The summed E-state index contributed by atoms with van der Waals surface area (Å²) < 4.78 is 9.89. The van der Waals surface area contributed by atoms with Gasteiger partial charge in [-0.15, -0.1) is 11.3 Å². The van der Waals surface area contributed by atoms with Gasteiger partial charge in [-0.3, -0.25) is 9.59 Å². The highest BCUT2D eigenvalue weighted by Gasteiger charge is 2.35. The zero-order chi connectivity index (χ0) is 15.4. The Morgan fingerprint density at radius 1 is 1.52 bits per heavy atom. The second-order valence-electron chi connectivity index (χ2n) is 4.33. The molecule has 0 aliphatic carbocycles. The van der Waals surface area contributed by atoms with Crippen molar-refractivity contribution in [1.82, 2.24) is 9.88 Å². The second-order valence-corrected chi connectivity index (χ2v) is 5.19. The number of thiazole rings is 1. The van der Waals surface area contributed by atoms with Gasteiger partial charge in [-0.1, -0.05) is 0 Å². The normalized spacial score (nSPS) is 18.2. The van der Waals surface area contributed by atoms with Crippen LogP contribution in [0.4, 0.5) is 5.13 Å². The molecule has 1 unspecified atom stereocenters. The Morgan fingerprint density at radius 2 is 2.29 bits per heavy atom. The first-order valence-electron chi connectivity index (χ1n) is 6.22. The summed E-state index contributed by atoms with van der Waals surface area (Å²) in [4.78, 5) is 40.5. The molecule has 1 aliphatic rings. The third kappa shape index (κ3) is 3.56. The summed E-state index contributed by atoms with van der Waals surface area (Å²) in [5.41, 5.74) is 0.180. The van der Waals surface area contributed by atoms with E-state index in [9.17, 15) is 14.4 Å². The van der Waals surface area contributed by atoms with Gasteiger partial charge in [-0.25, -0.2) is 9.78 Å². The quantitative estimate of drug-likeness (QED) is 0.796. The SMILES string of the molecule is COC(=O)C1COCCN1C(=O)c1csc(NC(C)=O)n1. The van der Waals surface area contributed by atoms with E-state index < -0.39 is 12.0 Å². The van der Waals surface area contributed by atoms with Crippen LogP contribution in [0.5, 0.6) is 0 Å². The minimum Gasteiger partial charge on any atom is -0.467 e. The minimum absolute atomic E-state index is 0.0983. The number of esters is 1. The molecule has 114 valence electrons. The van der Waals surface area contributed by atoms with E-state index in [-0.39, 0.29) is 30.7 Å². The van der Waals surface area contributed by atoms with E-state index in [4.69, 9.17) is 4.74 Å². The lowest BCUT2D eigenvalue weighted by molar-refractivity contribution is -0.151. The van der Waals surface area contributed by atoms with Crippen molar-refractivity contribution in [3.05, 3.63) is 11.1 Å². The largest absolute Gasteiger partial charge is 0.467 e. The van der Waals surface area contributed by atoms with E-state index in [1.54, 1.807) is 0 Å². The predicted molar refractivity (Wildman–Crippen MR) is 74.1 cm³/mol. The number of hydrogen-bond donors (Lipinski definition) is 1. The van der Waals surface area contributed by atoms with Crippen molar-refractivity contribution in [2.75, 3.05) is 32.2 Å². The molecular weight excluding hydrogens is 298 g/mol. The van der Waals surface area contributed by atoms with Gasteiger partial charge in [0, 0.05) is 18.8 Å². The molecule has 21 heavy (non-hydrogen) atoms. The van der Waals surface area contributed by atoms with Crippen molar-refractivity contribution in [2.45, 2.75) is 13.0 Å². The molecule has 1 atom stereocenters. The summed E-state index contributed by atoms with van der Waals surface area (Å²) in [6, 6.07) is -0.776. The number of ether oxygens (including phenoxy) is 2. The highest BCUT2D eigenvalue weighted by atomic mass is 32.1.